The van der Waals surface area contributed by atoms with Gasteiger partial charge in [-0.05, 0) is 24.6 Å². The highest BCUT2D eigenvalue weighted by Gasteiger charge is 2.06. The van der Waals surface area contributed by atoms with Crippen molar-refractivity contribution in [3.8, 4) is 0 Å². The molecule has 0 saturated carbocycles. The minimum Gasteiger partial charge on any atom is -0.343 e. The lowest BCUT2D eigenvalue weighted by Crippen LogP contribution is -2.21. The van der Waals surface area contributed by atoms with E-state index in [-0.39, 0.29) is 0 Å². The van der Waals surface area contributed by atoms with E-state index in [9.17, 15) is 0 Å². The van der Waals surface area contributed by atoms with Gasteiger partial charge in [0.25, 0.3) is 0 Å². The largest absolute Gasteiger partial charge is 0.343 e. The molecule has 0 bridgehead atoms. The first-order chi connectivity index (χ1) is 9.69. The Bertz CT molecular complexity index is 561. The molecule has 20 heavy (non-hydrogen) atoms. The quantitative estimate of drug-likeness (QED) is 0.883. The predicted octanol–water partition coefficient (Wildman–Crippen LogP) is 3.50. The molecule has 0 fully saturated rings. The Morgan fingerprint density at radius 2 is 2.20 bits per heavy atom. The first kappa shape index (κ1) is 14.5. The Hall–Kier alpha value is -1.88. The number of rotatable bonds is 6. The summed E-state index contributed by atoms with van der Waals surface area (Å²) in [7, 11) is 1.97. The summed E-state index contributed by atoms with van der Waals surface area (Å²) in [6.07, 6.45) is 3.84. The van der Waals surface area contributed by atoms with Gasteiger partial charge >= 0.3 is 0 Å². The maximum atomic E-state index is 5.95. The monoisotopic (exact) mass is 291 g/mol. The molecule has 0 amide bonds. The zero-order chi connectivity index (χ0) is 14.4. The van der Waals surface area contributed by atoms with E-state index in [1.54, 1.807) is 6.20 Å². The Labute approximate surface area is 124 Å². The number of aromatic nitrogens is 3. The molecule has 0 aliphatic carbocycles. The van der Waals surface area contributed by atoms with Crippen molar-refractivity contribution in [2.75, 3.05) is 23.8 Å². The third kappa shape index (κ3) is 4.06. The lowest BCUT2D eigenvalue weighted by Gasteiger charge is -2.16. The lowest BCUT2D eigenvalue weighted by molar-refractivity contribution is 0.741. The van der Waals surface area contributed by atoms with Crippen LogP contribution in [0.2, 0.25) is 5.02 Å². The van der Waals surface area contributed by atoms with Crippen LogP contribution < -0.4 is 10.2 Å². The average molecular weight is 292 g/mol. The van der Waals surface area contributed by atoms with E-state index in [0.29, 0.717) is 16.8 Å². The fraction of sp³-hybridized carbons (Fsp3) is 0.357. The minimum absolute atomic E-state index is 0.616. The fourth-order valence-corrected chi connectivity index (χ4v) is 1.92. The summed E-state index contributed by atoms with van der Waals surface area (Å²) in [5.74, 6) is 1.27. The molecule has 0 aliphatic rings. The van der Waals surface area contributed by atoms with E-state index >= 15 is 0 Å². The predicted molar refractivity (Wildman–Crippen MR) is 82.7 cm³/mol. The molecule has 0 atom stereocenters. The molecule has 1 heterocycles. The van der Waals surface area contributed by atoms with Crippen molar-refractivity contribution in [2.24, 2.45) is 0 Å². The van der Waals surface area contributed by atoms with Crippen LogP contribution in [-0.4, -0.2) is 28.8 Å². The van der Waals surface area contributed by atoms with Crippen molar-refractivity contribution >= 4 is 29.1 Å². The third-order valence-electron chi connectivity index (χ3n) is 2.83. The molecular weight excluding hydrogens is 274 g/mol. The normalized spacial score (nSPS) is 10.3. The van der Waals surface area contributed by atoms with E-state index in [2.05, 4.69) is 27.4 Å². The molecule has 2 aromatic rings. The smallest absolute Gasteiger partial charge is 0.247 e. The summed E-state index contributed by atoms with van der Waals surface area (Å²) in [6, 6.07) is 7.47. The number of anilines is 3. The van der Waals surface area contributed by atoms with Gasteiger partial charge in [-0.1, -0.05) is 31.0 Å². The minimum atomic E-state index is 0.616. The second-order valence-electron chi connectivity index (χ2n) is 4.55. The summed E-state index contributed by atoms with van der Waals surface area (Å²) >= 11 is 5.95. The molecule has 0 unspecified atom stereocenters. The number of hydrogen-bond donors (Lipinski definition) is 1. The Balaban J connectivity index is 2.09. The Morgan fingerprint density at radius 3 is 2.95 bits per heavy atom. The van der Waals surface area contributed by atoms with Crippen molar-refractivity contribution in [3.63, 3.8) is 0 Å². The van der Waals surface area contributed by atoms with Crippen LogP contribution in [0.5, 0.6) is 0 Å². The van der Waals surface area contributed by atoms with E-state index in [4.69, 9.17) is 11.6 Å². The lowest BCUT2D eigenvalue weighted by atomic mass is 10.3. The van der Waals surface area contributed by atoms with Crippen molar-refractivity contribution in [1.29, 1.82) is 0 Å². The van der Waals surface area contributed by atoms with Crippen molar-refractivity contribution < 1.29 is 0 Å². The van der Waals surface area contributed by atoms with Crippen LogP contribution in [0.15, 0.2) is 30.5 Å². The summed E-state index contributed by atoms with van der Waals surface area (Å²) in [5.41, 5.74) is 0.875. The summed E-state index contributed by atoms with van der Waals surface area (Å²) in [4.78, 5) is 6.45. The van der Waals surface area contributed by atoms with Crippen LogP contribution in [0.25, 0.3) is 0 Å². The fourth-order valence-electron chi connectivity index (χ4n) is 1.73. The van der Waals surface area contributed by atoms with Crippen LogP contribution in [0.3, 0.4) is 0 Å². The zero-order valence-electron chi connectivity index (χ0n) is 11.7. The molecule has 0 aliphatic heterocycles. The molecule has 0 saturated heterocycles. The van der Waals surface area contributed by atoms with Gasteiger partial charge in [-0.15, -0.1) is 5.10 Å². The van der Waals surface area contributed by atoms with E-state index in [1.165, 1.54) is 0 Å². The first-order valence-electron chi connectivity index (χ1n) is 6.62. The standard InChI is InChI=1S/C14H18ClN5/c1-3-4-8-20(2)14-18-13(10-16-19-14)17-12-7-5-6-11(15)9-12/h5-7,9-10H,3-4,8H2,1-2H3,(H,17,18,19). The van der Waals surface area contributed by atoms with Crippen LogP contribution in [0.1, 0.15) is 19.8 Å². The number of nitrogens with zero attached hydrogens (tertiary/aromatic N) is 4. The van der Waals surface area contributed by atoms with Gasteiger partial charge in [0, 0.05) is 24.3 Å². The van der Waals surface area contributed by atoms with Crippen molar-refractivity contribution in [3.05, 3.63) is 35.5 Å². The van der Waals surface area contributed by atoms with Crippen LogP contribution in [0.4, 0.5) is 17.5 Å². The van der Waals surface area contributed by atoms with Crippen LogP contribution >= 0.6 is 11.6 Å². The molecular formula is C14H18ClN5. The highest BCUT2D eigenvalue weighted by Crippen LogP contribution is 2.19. The van der Waals surface area contributed by atoms with E-state index in [0.717, 1.165) is 25.1 Å². The van der Waals surface area contributed by atoms with Crippen molar-refractivity contribution in [2.45, 2.75) is 19.8 Å². The molecule has 1 aromatic carbocycles. The third-order valence-corrected chi connectivity index (χ3v) is 3.07. The summed E-state index contributed by atoms with van der Waals surface area (Å²) in [6.45, 7) is 3.07. The highest BCUT2D eigenvalue weighted by atomic mass is 35.5. The van der Waals surface area contributed by atoms with Gasteiger partial charge in [0.15, 0.2) is 5.82 Å². The molecule has 2 rings (SSSR count). The highest BCUT2D eigenvalue weighted by molar-refractivity contribution is 6.30. The van der Waals surface area contributed by atoms with Gasteiger partial charge < -0.3 is 10.2 Å². The van der Waals surface area contributed by atoms with Gasteiger partial charge in [0.05, 0.1) is 6.20 Å². The second kappa shape index (κ2) is 7.05. The summed E-state index contributed by atoms with van der Waals surface area (Å²) < 4.78 is 0. The van der Waals surface area contributed by atoms with Gasteiger partial charge in [0.2, 0.25) is 5.95 Å². The van der Waals surface area contributed by atoms with Gasteiger partial charge in [-0.3, -0.25) is 0 Å². The summed E-state index contributed by atoms with van der Waals surface area (Å²) in [5, 5.41) is 11.9. The number of unbranched alkanes of at least 4 members (excludes halogenated alkanes) is 1. The topological polar surface area (TPSA) is 53.9 Å². The van der Waals surface area contributed by atoms with Gasteiger partial charge in [-0.25, -0.2) is 0 Å². The number of nitrogens with one attached hydrogen (secondary N) is 1. The molecule has 5 nitrogen and oxygen atoms in total. The first-order valence-corrected chi connectivity index (χ1v) is 7.00. The zero-order valence-corrected chi connectivity index (χ0v) is 12.4. The SMILES string of the molecule is CCCCN(C)c1nncc(Nc2cccc(Cl)c2)n1. The maximum Gasteiger partial charge on any atom is 0.247 e. The number of benzene rings is 1. The second-order valence-corrected chi connectivity index (χ2v) is 4.99. The molecule has 106 valence electrons. The molecule has 0 radical (unpaired) electrons. The molecule has 1 aromatic heterocycles. The van der Waals surface area contributed by atoms with E-state index in [1.807, 2.05) is 36.2 Å². The van der Waals surface area contributed by atoms with Gasteiger partial charge in [-0.2, -0.15) is 10.1 Å². The number of hydrogen-bond acceptors (Lipinski definition) is 5. The molecule has 1 N–H and O–H groups in total. The van der Waals surface area contributed by atoms with Crippen LogP contribution in [0, 0.1) is 0 Å². The van der Waals surface area contributed by atoms with Gasteiger partial charge in [0.1, 0.15) is 0 Å². The van der Waals surface area contributed by atoms with Crippen molar-refractivity contribution in [1.82, 2.24) is 15.2 Å². The molecule has 0 spiro atoms. The van der Waals surface area contributed by atoms with Crippen LogP contribution in [-0.2, 0) is 0 Å². The Morgan fingerprint density at radius 1 is 1.35 bits per heavy atom. The maximum absolute atomic E-state index is 5.95. The number of halogens is 1. The average Bonchev–Trinajstić information content (AvgIpc) is 2.45. The van der Waals surface area contributed by atoms with E-state index < -0.39 is 0 Å². The molecule has 6 heteroatoms. The Kier molecular flexibility index (Phi) is 5.12.